The third-order valence-electron chi connectivity index (χ3n) is 1.04. The molecule has 0 saturated carbocycles. The van der Waals surface area contributed by atoms with Crippen LogP contribution in [0.4, 0.5) is 8.78 Å². The van der Waals surface area contributed by atoms with Crippen LogP contribution in [0.2, 0.25) is 0 Å². The normalized spacial score (nSPS) is 31.3. The topological polar surface area (TPSA) is 43.4 Å². The summed E-state index contributed by atoms with van der Waals surface area (Å²) in [5, 5.41) is -1.81. The van der Waals surface area contributed by atoms with Crippen LogP contribution < -0.4 is 0 Å². The zero-order valence-electron chi connectivity index (χ0n) is 4.97. The largest absolute Gasteiger partial charge is 0.327 e. The van der Waals surface area contributed by atoms with Gasteiger partial charge in [0.2, 0.25) is 0 Å². The third kappa shape index (κ3) is 0.929. The zero-order valence-corrected chi connectivity index (χ0v) is 5.78. The first kappa shape index (κ1) is 7.62. The zero-order chi connectivity index (χ0) is 7.94. The summed E-state index contributed by atoms with van der Waals surface area (Å²) in [5.41, 5.74) is 0. The Balaban J connectivity index is 3.20. The molecule has 58 valence electrons. The van der Waals surface area contributed by atoms with Gasteiger partial charge >= 0.3 is 10.1 Å². The van der Waals surface area contributed by atoms with Crippen molar-refractivity contribution in [3.8, 4) is 0 Å². The lowest BCUT2D eigenvalue weighted by Gasteiger charge is -1.95. The summed E-state index contributed by atoms with van der Waals surface area (Å²) in [6, 6.07) is 0. The number of halogens is 2. The molecule has 1 heterocycles. The minimum atomic E-state index is -4.39. The van der Waals surface area contributed by atoms with E-state index in [9.17, 15) is 17.2 Å². The molecule has 0 aromatic carbocycles. The Kier molecular flexibility index (Phi) is 1.52. The van der Waals surface area contributed by atoms with E-state index in [2.05, 4.69) is 4.18 Å². The van der Waals surface area contributed by atoms with E-state index < -0.39 is 27.2 Å². The molecule has 1 atom stereocenters. The SMILES string of the molecule is CC1OS(=O)(=O)C(F)=C1F. The van der Waals surface area contributed by atoms with Crippen molar-refractivity contribution in [1.29, 1.82) is 0 Å². The number of hydrogen-bond acceptors (Lipinski definition) is 3. The highest BCUT2D eigenvalue weighted by Crippen LogP contribution is 2.30. The predicted molar refractivity (Wildman–Crippen MR) is 28.7 cm³/mol. The van der Waals surface area contributed by atoms with E-state index >= 15 is 0 Å². The van der Waals surface area contributed by atoms with Gasteiger partial charge in [0, 0.05) is 0 Å². The van der Waals surface area contributed by atoms with Gasteiger partial charge in [0.05, 0.1) is 0 Å². The Hall–Kier alpha value is -0.490. The Morgan fingerprint density at radius 2 is 2.00 bits per heavy atom. The highest BCUT2D eigenvalue weighted by molar-refractivity contribution is 7.90. The Labute approximate surface area is 56.4 Å². The minimum Gasteiger partial charge on any atom is -0.254 e. The second-order valence-corrected chi connectivity index (χ2v) is 3.27. The van der Waals surface area contributed by atoms with Crippen molar-refractivity contribution < 1.29 is 21.4 Å². The molecule has 1 unspecified atom stereocenters. The molecular formula is C4H4F2O3S. The lowest BCUT2D eigenvalue weighted by atomic mass is 10.4. The first-order chi connectivity index (χ1) is 4.45. The van der Waals surface area contributed by atoms with Gasteiger partial charge in [-0.1, -0.05) is 0 Å². The molecule has 0 aromatic rings. The summed E-state index contributed by atoms with van der Waals surface area (Å²) >= 11 is 0. The van der Waals surface area contributed by atoms with Gasteiger partial charge in [-0.2, -0.15) is 12.8 Å². The van der Waals surface area contributed by atoms with Crippen LogP contribution in [0.25, 0.3) is 0 Å². The number of rotatable bonds is 0. The molecule has 0 aromatic heterocycles. The first-order valence-corrected chi connectivity index (χ1v) is 3.84. The van der Waals surface area contributed by atoms with E-state index in [1.54, 1.807) is 0 Å². The summed E-state index contributed by atoms with van der Waals surface area (Å²) in [7, 11) is -4.39. The summed E-state index contributed by atoms with van der Waals surface area (Å²) in [6.45, 7) is 1.11. The summed E-state index contributed by atoms with van der Waals surface area (Å²) < 4.78 is 48.8. The smallest absolute Gasteiger partial charge is 0.254 e. The van der Waals surface area contributed by atoms with E-state index in [0.717, 1.165) is 6.92 Å². The van der Waals surface area contributed by atoms with E-state index in [4.69, 9.17) is 0 Å². The van der Waals surface area contributed by atoms with E-state index in [1.807, 2.05) is 0 Å². The van der Waals surface area contributed by atoms with Crippen molar-refractivity contribution in [3.05, 3.63) is 11.0 Å². The Morgan fingerprint density at radius 1 is 1.50 bits per heavy atom. The van der Waals surface area contributed by atoms with Crippen LogP contribution >= 0.6 is 0 Å². The van der Waals surface area contributed by atoms with Crippen LogP contribution in [0.5, 0.6) is 0 Å². The van der Waals surface area contributed by atoms with Gasteiger partial charge < -0.3 is 0 Å². The third-order valence-corrected chi connectivity index (χ3v) is 2.21. The van der Waals surface area contributed by atoms with Crippen LogP contribution in [-0.4, -0.2) is 14.5 Å². The van der Waals surface area contributed by atoms with Crippen molar-refractivity contribution in [2.45, 2.75) is 13.0 Å². The average Bonchev–Trinajstić information content (AvgIpc) is 1.95. The molecular weight excluding hydrogens is 166 g/mol. The maximum Gasteiger partial charge on any atom is 0.327 e. The maximum absolute atomic E-state index is 12.2. The molecule has 0 bridgehead atoms. The van der Waals surface area contributed by atoms with Crippen molar-refractivity contribution in [3.63, 3.8) is 0 Å². The standard InChI is InChI=1S/C4H4F2O3S/c1-2-3(5)4(6)10(7,8)9-2/h2H,1H3. The molecule has 0 N–H and O–H groups in total. The van der Waals surface area contributed by atoms with Gasteiger partial charge in [-0.3, -0.25) is 4.18 Å². The maximum atomic E-state index is 12.2. The molecule has 6 heteroatoms. The van der Waals surface area contributed by atoms with Crippen LogP contribution in [0.15, 0.2) is 11.0 Å². The molecule has 1 aliphatic rings. The van der Waals surface area contributed by atoms with Crippen LogP contribution in [0, 0.1) is 0 Å². The number of hydrogen-bond donors (Lipinski definition) is 0. The molecule has 0 saturated heterocycles. The summed E-state index contributed by atoms with van der Waals surface area (Å²) in [5.74, 6) is -1.36. The molecule has 0 fully saturated rings. The van der Waals surface area contributed by atoms with Gasteiger partial charge in [0.1, 0.15) is 6.10 Å². The molecule has 1 aliphatic heterocycles. The lowest BCUT2D eigenvalue weighted by molar-refractivity contribution is 0.252. The van der Waals surface area contributed by atoms with Crippen molar-refractivity contribution >= 4 is 10.1 Å². The van der Waals surface area contributed by atoms with Crippen molar-refractivity contribution in [2.24, 2.45) is 0 Å². The summed E-state index contributed by atoms with van der Waals surface area (Å²) in [6.07, 6.45) is -1.31. The van der Waals surface area contributed by atoms with Gasteiger partial charge in [0.25, 0.3) is 5.16 Å². The van der Waals surface area contributed by atoms with Crippen LogP contribution in [-0.2, 0) is 14.3 Å². The van der Waals surface area contributed by atoms with Crippen molar-refractivity contribution in [2.75, 3.05) is 0 Å². The fraction of sp³-hybridized carbons (Fsp3) is 0.500. The van der Waals surface area contributed by atoms with Gasteiger partial charge in [-0.05, 0) is 6.92 Å². The average molecular weight is 170 g/mol. The lowest BCUT2D eigenvalue weighted by Crippen LogP contribution is -2.04. The quantitative estimate of drug-likeness (QED) is 0.506. The monoisotopic (exact) mass is 170 g/mol. The highest BCUT2D eigenvalue weighted by Gasteiger charge is 2.37. The summed E-state index contributed by atoms with van der Waals surface area (Å²) in [4.78, 5) is 0. The van der Waals surface area contributed by atoms with Crippen LogP contribution in [0.3, 0.4) is 0 Å². The van der Waals surface area contributed by atoms with Gasteiger partial charge in [-0.15, -0.1) is 0 Å². The second kappa shape index (κ2) is 2.00. The molecule has 0 amide bonds. The Morgan fingerprint density at radius 3 is 2.10 bits per heavy atom. The molecule has 0 spiro atoms. The molecule has 0 radical (unpaired) electrons. The minimum absolute atomic E-state index is 1.11. The van der Waals surface area contributed by atoms with E-state index in [1.165, 1.54) is 0 Å². The first-order valence-electron chi connectivity index (χ1n) is 2.43. The van der Waals surface area contributed by atoms with E-state index in [0.29, 0.717) is 0 Å². The fourth-order valence-corrected chi connectivity index (χ4v) is 1.51. The Bertz CT molecular complexity index is 279. The van der Waals surface area contributed by atoms with Gasteiger partial charge in [-0.25, -0.2) is 4.39 Å². The van der Waals surface area contributed by atoms with E-state index in [-0.39, 0.29) is 0 Å². The fourth-order valence-electron chi connectivity index (χ4n) is 0.554. The van der Waals surface area contributed by atoms with Crippen molar-refractivity contribution in [1.82, 2.24) is 0 Å². The molecule has 3 nitrogen and oxygen atoms in total. The second-order valence-electron chi connectivity index (χ2n) is 1.81. The highest BCUT2D eigenvalue weighted by atomic mass is 32.2. The molecule has 0 aliphatic carbocycles. The van der Waals surface area contributed by atoms with Gasteiger partial charge in [0.15, 0.2) is 5.83 Å². The molecule has 10 heavy (non-hydrogen) atoms. The predicted octanol–water partition coefficient (Wildman–Crippen LogP) is 0.843. The van der Waals surface area contributed by atoms with Crippen LogP contribution in [0.1, 0.15) is 6.92 Å². The molecule has 1 rings (SSSR count).